The van der Waals surface area contributed by atoms with Crippen LogP contribution in [0.2, 0.25) is 0 Å². The molecule has 1 unspecified atom stereocenters. The van der Waals surface area contributed by atoms with Crippen LogP contribution in [0.4, 0.5) is 0 Å². The summed E-state index contributed by atoms with van der Waals surface area (Å²) in [4.78, 5) is 13.5. The van der Waals surface area contributed by atoms with Gasteiger partial charge in [0.25, 0.3) is 5.91 Å². The summed E-state index contributed by atoms with van der Waals surface area (Å²) in [5, 5.41) is 6.33. The van der Waals surface area contributed by atoms with Crippen LogP contribution in [0.25, 0.3) is 0 Å². The highest BCUT2D eigenvalue weighted by Crippen LogP contribution is 2.24. The quantitative estimate of drug-likeness (QED) is 0.765. The Morgan fingerprint density at radius 1 is 1.30 bits per heavy atom. The van der Waals surface area contributed by atoms with Crippen molar-refractivity contribution in [3.05, 3.63) is 54.0 Å². The Balaban J connectivity index is 1.49. The Kier molecular flexibility index (Phi) is 5.77. The van der Waals surface area contributed by atoms with Gasteiger partial charge in [-0.2, -0.15) is 0 Å². The first-order valence-corrected chi connectivity index (χ1v) is 9.04. The third-order valence-electron chi connectivity index (χ3n) is 4.09. The van der Waals surface area contributed by atoms with Crippen LogP contribution in [-0.4, -0.2) is 25.5 Å². The zero-order chi connectivity index (χ0) is 15.9. The van der Waals surface area contributed by atoms with E-state index in [1.54, 1.807) is 18.0 Å². The van der Waals surface area contributed by atoms with E-state index in [4.69, 9.17) is 4.42 Å². The first-order valence-electron chi connectivity index (χ1n) is 8.06. The molecule has 2 heterocycles. The summed E-state index contributed by atoms with van der Waals surface area (Å²) in [6.45, 7) is 2.87. The molecule has 0 bridgehead atoms. The second kappa shape index (κ2) is 8.22. The summed E-state index contributed by atoms with van der Waals surface area (Å²) in [7, 11) is 0. The van der Waals surface area contributed by atoms with E-state index < -0.39 is 0 Å². The molecule has 2 aromatic rings. The van der Waals surface area contributed by atoms with Crippen molar-refractivity contribution >= 4 is 17.7 Å². The lowest BCUT2D eigenvalue weighted by atomic mass is 10.1. The van der Waals surface area contributed by atoms with Gasteiger partial charge in [0.1, 0.15) is 0 Å². The second-order valence-electron chi connectivity index (χ2n) is 5.78. The fraction of sp³-hybridized carbons (Fsp3) is 0.389. The number of thioether (sulfide) groups is 1. The molecule has 1 aliphatic rings. The molecule has 1 aromatic heterocycles. The largest absolute Gasteiger partial charge is 0.459 e. The lowest BCUT2D eigenvalue weighted by molar-refractivity contribution is 0.0923. The lowest BCUT2D eigenvalue weighted by Crippen LogP contribution is -2.26. The van der Waals surface area contributed by atoms with E-state index in [1.807, 2.05) is 24.3 Å². The lowest BCUT2D eigenvalue weighted by Gasteiger charge is -2.09. The van der Waals surface area contributed by atoms with Crippen molar-refractivity contribution in [1.29, 1.82) is 0 Å². The maximum absolute atomic E-state index is 12.3. The van der Waals surface area contributed by atoms with Gasteiger partial charge < -0.3 is 15.1 Å². The van der Waals surface area contributed by atoms with Gasteiger partial charge in [-0.25, -0.2) is 0 Å². The summed E-state index contributed by atoms with van der Waals surface area (Å²) in [6, 6.07) is 12.1. The van der Waals surface area contributed by atoms with Crippen LogP contribution < -0.4 is 10.6 Å². The molecule has 5 heteroatoms. The molecule has 0 spiro atoms. The molecule has 0 aliphatic carbocycles. The van der Waals surface area contributed by atoms with Crippen LogP contribution in [0.5, 0.6) is 0 Å². The fourth-order valence-electron chi connectivity index (χ4n) is 2.76. The summed E-state index contributed by atoms with van der Waals surface area (Å²) in [5.74, 6) is 1.75. The van der Waals surface area contributed by atoms with Gasteiger partial charge in [0.2, 0.25) is 0 Å². The smallest absolute Gasteiger partial charge is 0.287 e. The van der Waals surface area contributed by atoms with Crippen molar-refractivity contribution in [2.24, 2.45) is 5.92 Å². The highest BCUT2D eigenvalue weighted by Gasteiger charge is 2.17. The topological polar surface area (TPSA) is 54.3 Å². The van der Waals surface area contributed by atoms with Gasteiger partial charge in [0, 0.05) is 22.8 Å². The first-order chi connectivity index (χ1) is 11.3. The van der Waals surface area contributed by atoms with E-state index in [9.17, 15) is 4.79 Å². The van der Waals surface area contributed by atoms with Crippen LogP contribution in [0, 0.1) is 5.92 Å². The molecule has 4 nitrogen and oxygen atoms in total. The molecule has 0 saturated carbocycles. The van der Waals surface area contributed by atoms with Crippen molar-refractivity contribution in [3.8, 4) is 0 Å². The SMILES string of the molecule is O=C(NCCC1CCNC1)c1occc1CSc1ccccc1. The Hall–Kier alpha value is -1.72. The van der Waals surface area contributed by atoms with E-state index in [2.05, 4.69) is 22.8 Å². The minimum absolute atomic E-state index is 0.107. The minimum Gasteiger partial charge on any atom is -0.459 e. The van der Waals surface area contributed by atoms with Crippen molar-refractivity contribution in [2.75, 3.05) is 19.6 Å². The number of carbonyl (C=O) groups excluding carboxylic acids is 1. The second-order valence-corrected chi connectivity index (χ2v) is 6.83. The number of amides is 1. The van der Waals surface area contributed by atoms with Crippen molar-refractivity contribution in [1.82, 2.24) is 10.6 Å². The Bertz CT molecular complexity index is 621. The predicted molar refractivity (Wildman–Crippen MR) is 92.6 cm³/mol. The normalized spacial score (nSPS) is 17.3. The molecule has 23 heavy (non-hydrogen) atoms. The van der Waals surface area contributed by atoms with E-state index in [-0.39, 0.29) is 5.91 Å². The average Bonchev–Trinajstić information content (AvgIpc) is 3.25. The van der Waals surface area contributed by atoms with Crippen LogP contribution in [-0.2, 0) is 5.75 Å². The van der Waals surface area contributed by atoms with Gasteiger partial charge in [-0.15, -0.1) is 11.8 Å². The molecular formula is C18H22N2O2S. The Morgan fingerprint density at radius 3 is 2.96 bits per heavy atom. The van der Waals surface area contributed by atoms with E-state index in [0.717, 1.165) is 30.8 Å². The van der Waals surface area contributed by atoms with Crippen LogP contribution in [0.1, 0.15) is 29.0 Å². The summed E-state index contributed by atoms with van der Waals surface area (Å²) in [6.07, 6.45) is 3.82. The molecule has 1 amide bonds. The van der Waals surface area contributed by atoms with Crippen LogP contribution >= 0.6 is 11.8 Å². The first kappa shape index (κ1) is 16.1. The number of rotatable bonds is 7. The highest BCUT2D eigenvalue weighted by molar-refractivity contribution is 7.98. The Labute approximate surface area is 141 Å². The molecule has 2 N–H and O–H groups in total. The molecule has 3 rings (SSSR count). The summed E-state index contributed by atoms with van der Waals surface area (Å²) >= 11 is 1.71. The number of hydrogen-bond acceptors (Lipinski definition) is 4. The predicted octanol–water partition coefficient (Wildman–Crippen LogP) is 3.30. The molecule has 1 atom stereocenters. The average molecular weight is 330 g/mol. The molecule has 122 valence electrons. The zero-order valence-corrected chi connectivity index (χ0v) is 13.9. The van der Waals surface area contributed by atoms with Gasteiger partial charge in [-0.3, -0.25) is 4.79 Å². The monoisotopic (exact) mass is 330 g/mol. The molecule has 1 aromatic carbocycles. The van der Waals surface area contributed by atoms with E-state index in [0.29, 0.717) is 18.2 Å². The summed E-state index contributed by atoms with van der Waals surface area (Å²) in [5.41, 5.74) is 0.943. The number of carbonyl (C=O) groups is 1. The van der Waals surface area contributed by atoms with E-state index >= 15 is 0 Å². The molecular weight excluding hydrogens is 308 g/mol. The van der Waals surface area contributed by atoms with Crippen molar-refractivity contribution < 1.29 is 9.21 Å². The highest BCUT2D eigenvalue weighted by atomic mass is 32.2. The Morgan fingerprint density at radius 2 is 2.17 bits per heavy atom. The maximum atomic E-state index is 12.3. The minimum atomic E-state index is -0.107. The number of benzene rings is 1. The molecule has 1 saturated heterocycles. The van der Waals surface area contributed by atoms with Gasteiger partial charge in [0.05, 0.1) is 6.26 Å². The standard InChI is InChI=1S/C18H22N2O2S/c21-18(20-10-7-14-6-9-19-12-14)17-15(8-11-22-17)13-23-16-4-2-1-3-5-16/h1-5,8,11,14,19H,6-7,9-10,12-13H2,(H,20,21). The number of furan rings is 1. The van der Waals surface area contributed by atoms with Gasteiger partial charge in [0.15, 0.2) is 5.76 Å². The van der Waals surface area contributed by atoms with Gasteiger partial charge in [-0.05, 0) is 50.0 Å². The van der Waals surface area contributed by atoms with Gasteiger partial charge in [-0.1, -0.05) is 18.2 Å². The molecule has 0 radical (unpaired) electrons. The van der Waals surface area contributed by atoms with Crippen molar-refractivity contribution in [2.45, 2.75) is 23.5 Å². The number of hydrogen-bond donors (Lipinski definition) is 2. The third kappa shape index (κ3) is 4.62. The zero-order valence-electron chi connectivity index (χ0n) is 13.1. The molecule has 1 aliphatic heterocycles. The van der Waals surface area contributed by atoms with Crippen LogP contribution in [0.3, 0.4) is 0 Å². The van der Waals surface area contributed by atoms with Gasteiger partial charge >= 0.3 is 0 Å². The third-order valence-corrected chi connectivity index (χ3v) is 5.15. The van der Waals surface area contributed by atoms with Crippen LogP contribution in [0.15, 0.2) is 52.0 Å². The van der Waals surface area contributed by atoms with Crippen molar-refractivity contribution in [3.63, 3.8) is 0 Å². The number of nitrogens with one attached hydrogen (secondary N) is 2. The summed E-state index contributed by atoms with van der Waals surface area (Å²) < 4.78 is 5.40. The molecule has 1 fully saturated rings. The maximum Gasteiger partial charge on any atom is 0.287 e. The fourth-order valence-corrected chi connectivity index (χ4v) is 3.66. The van der Waals surface area contributed by atoms with E-state index in [1.165, 1.54) is 11.3 Å².